The number of hydrogen-bond acceptors (Lipinski definition) is 2. The number of rotatable bonds is 4. The normalized spacial score (nSPS) is 17.8. The molecule has 4 rings (SSSR count). The molecule has 200 valence electrons. The first-order valence-electron chi connectivity index (χ1n) is 11.3. The summed E-state index contributed by atoms with van der Waals surface area (Å²) >= 11 is 0. The predicted molar refractivity (Wildman–Crippen MR) is 123 cm³/mol. The van der Waals surface area contributed by atoms with Gasteiger partial charge in [-0.25, -0.2) is 4.39 Å². The maximum Gasteiger partial charge on any atom is 0.416 e. The lowest BCUT2D eigenvalue weighted by molar-refractivity contribution is -0.143. The molecule has 0 fully saturated rings. The van der Waals surface area contributed by atoms with E-state index in [4.69, 9.17) is 0 Å². The van der Waals surface area contributed by atoms with Crippen LogP contribution in [0.2, 0.25) is 0 Å². The molecule has 0 aliphatic carbocycles. The number of hydrogen-bond donors (Lipinski definition) is 0. The first-order valence-corrected chi connectivity index (χ1v) is 11.3. The van der Waals surface area contributed by atoms with Crippen LogP contribution in [-0.2, 0) is 23.7 Å². The number of fused-ring (bicyclic) bond motifs is 1. The van der Waals surface area contributed by atoms with Gasteiger partial charge in [-0.05, 0) is 53.1 Å². The number of carbonyl (C=O) groups is 2. The van der Waals surface area contributed by atoms with Gasteiger partial charge in [-0.3, -0.25) is 9.59 Å². The van der Waals surface area contributed by atoms with Crippen molar-refractivity contribution in [1.82, 2.24) is 9.80 Å². The van der Waals surface area contributed by atoms with E-state index in [0.717, 1.165) is 4.90 Å². The SMILES string of the molecule is CN(Cc1cc(C(F)(F)F)cc(C(F)(F)F)c1)C(=O)C1C(c2ccc(F)cc2)c2ccccc2C(=O)N1C. The largest absolute Gasteiger partial charge is 0.416 e. The van der Waals surface area contributed by atoms with Gasteiger partial charge in [0.1, 0.15) is 11.9 Å². The molecular weight excluding hydrogens is 517 g/mol. The van der Waals surface area contributed by atoms with Crippen LogP contribution in [0.25, 0.3) is 0 Å². The van der Waals surface area contributed by atoms with E-state index in [-0.39, 0.29) is 11.6 Å². The summed E-state index contributed by atoms with van der Waals surface area (Å²) in [5.74, 6) is -2.48. The van der Waals surface area contributed by atoms with Crippen LogP contribution in [0.1, 0.15) is 44.1 Å². The fourth-order valence-electron chi connectivity index (χ4n) is 4.70. The van der Waals surface area contributed by atoms with Crippen molar-refractivity contribution in [2.45, 2.75) is 30.9 Å². The number of likely N-dealkylation sites (N-methyl/N-ethyl adjacent to an activating group) is 2. The Kier molecular flexibility index (Phi) is 6.98. The summed E-state index contributed by atoms with van der Waals surface area (Å²) < 4.78 is 93.5. The first kappa shape index (κ1) is 27.2. The van der Waals surface area contributed by atoms with Crippen LogP contribution in [0, 0.1) is 5.82 Å². The molecule has 3 aromatic carbocycles. The van der Waals surface area contributed by atoms with Gasteiger partial charge in [0, 0.05) is 32.1 Å². The molecule has 3 aromatic rings. The maximum atomic E-state index is 13.7. The Morgan fingerprint density at radius 1 is 0.895 bits per heavy atom. The molecular formula is C27H21F7N2O2. The number of benzene rings is 3. The van der Waals surface area contributed by atoms with Gasteiger partial charge in [-0.15, -0.1) is 0 Å². The molecule has 2 atom stereocenters. The molecule has 0 N–H and O–H groups in total. The summed E-state index contributed by atoms with van der Waals surface area (Å²) in [6, 6.07) is 11.8. The molecule has 2 amide bonds. The molecule has 0 radical (unpaired) electrons. The van der Waals surface area contributed by atoms with E-state index in [0.29, 0.717) is 28.8 Å². The number of carbonyl (C=O) groups excluding carboxylic acids is 2. The zero-order valence-electron chi connectivity index (χ0n) is 20.1. The zero-order valence-corrected chi connectivity index (χ0v) is 20.1. The number of alkyl halides is 6. The summed E-state index contributed by atoms with van der Waals surface area (Å²) in [5.41, 5.74) is -2.05. The van der Waals surface area contributed by atoms with Crippen LogP contribution in [0.5, 0.6) is 0 Å². The Balaban J connectivity index is 1.74. The van der Waals surface area contributed by atoms with Crippen LogP contribution in [-0.4, -0.2) is 41.8 Å². The van der Waals surface area contributed by atoms with Crippen molar-refractivity contribution in [1.29, 1.82) is 0 Å². The quantitative estimate of drug-likeness (QED) is 0.377. The summed E-state index contributed by atoms with van der Waals surface area (Å²) in [6.45, 7) is -0.581. The van der Waals surface area contributed by atoms with Gasteiger partial charge in [0.2, 0.25) is 5.91 Å². The molecule has 11 heteroatoms. The second-order valence-corrected chi connectivity index (χ2v) is 9.09. The van der Waals surface area contributed by atoms with Gasteiger partial charge in [-0.1, -0.05) is 30.3 Å². The third kappa shape index (κ3) is 5.23. The highest BCUT2D eigenvalue weighted by molar-refractivity contribution is 6.01. The van der Waals surface area contributed by atoms with Crippen LogP contribution in [0.15, 0.2) is 66.7 Å². The van der Waals surface area contributed by atoms with E-state index in [2.05, 4.69) is 0 Å². The molecule has 0 saturated heterocycles. The van der Waals surface area contributed by atoms with Gasteiger partial charge in [0.15, 0.2) is 0 Å². The summed E-state index contributed by atoms with van der Waals surface area (Å²) in [5, 5.41) is 0. The molecule has 0 saturated carbocycles. The second-order valence-electron chi connectivity index (χ2n) is 9.09. The third-order valence-corrected chi connectivity index (χ3v) is 6.51. The Bertz CT molecular complexity index is 1330. The Morgan fingerprint density at radius 3 is 2.00 bits per heavy atom. The lowest BCUT2D eigenvalue weighted by Crippen LogP contribution is -2.54. The van der Waals surface area contributed by atoms with E-state index in [1.807, 2.05) is 0 Å². The molecule has 0 spiro atoms. The molecule has 4 nitrogen and oxygen atoms in total. The molecule has 2 unspecified atom stereocenters. The minimum atomic E-state index is -5.04. The average Bonchev–Trinajstić information content (AvgIpc) is 2.85. The molecule has 1 heterocycles. The van der Waals surface area contributed by atoms with Crippen molar-refractivity contribution in [3.05, 3.63) is 106 Å². The number of amides is 2. The number of nitrogens with zero attached hydrogens (tertiary/aromatic N) is 2. The van der Waals surface area contributed by atoms with E-state index in [1.54, 1.807) is 24.3 Å². The number of halogens is 7. The Morgan fingerprint density at radius 2 is 1.45 bits per heavy atom. The highest BCUT2D eigenvalue weighted by atomic mass is 19.4. The summed E-state index contributed by atoms with van der Waals surface area (Å²) in [4.78, 5) is 29.0. The van der Waals surface area contributed by atoms with E-state index < -0.39 is 59.6 Å². The Labute approximate surface area is 213 Å². The van der Waals surface area contributed by atoms with Crippen molar-refractivity contribution in [2.75, 3.05) is 14.1 Å². The van der Waals surface area contributed by atoms with Crippen LogP contribution < -0.4 is 0 Å². The van der Waals surface area contributed by atoms with Crippen LogP contribution in [0.4, 0.5) is 30.7 Å². The highest BCUT2D eigenvalue weighted by Crippen LogP contribution is 2.39. The topological polar surface area (TPSA) is 40.6 Å². The highest BCUT2D eigenvalue weighted by Gasteiger charge is 2.44. The zero-order chi connectivity index (χ0) is 28.0. The van der Waals surface area contributed by atoms with Gasteiger partial charge in [-0.2, -0.15) is 26.3 Å². The first-order chi connectivity index (χ1) is 17.7. The van der Waals surface area contributed by atoms with Crippen LogP contribution in [0.3, 0.4) is 0 Å². The maximum absolute atomic E-state index is 13.7. The fourth-order valence-corrected chi connectivity index (χ4v) is 4.70. The average molecular weight is 538 g/mol. The van der Waals surface area contributed by atoms with E-state index in [9.17, 15) is 40.3 Å². The minimum absolute atomic E-state index is 0.0143. The van der Waals surface area contributed by atoms with E-state index in [1.165, 1.54) is 43.3 Å². The minimum Gasteiger partial charge on any atom is -0.340 e. The standard InChI is InChI=1S/C27H21F7N2O2/c1-35(14-15-11-17(26(29,30)31)13-18(12-15)27(32,33)34)25(38)23-22(16-7-9-19(28)10-8-16)20-5-3-4-6-21(20)24(37)36(23)2/h3-13,22-23H,14H2,1-2H3. The Hall–Kier alpha value is -3.89. The fraction of sp³-hybridized carbons (Fsp3) is 0.259. The van der Waals surface area contributed by atoms with Gasteiger partial charge >= 0.3 is 12.4 Å². The monoisotopic (exact) mass is 538 g/mol. The van der Waals surface area contributed by atoms with Crippen molar-refractivity contribution in [3.8, 4) is 0 Å². The van der Waals surface area contributed by atoms with Crippen molar-refractivity contribution in [2.24, 2.45) is 0 Å². The molecule has 1 aliphatic heterocycles. The summed E-state index contributed by atoms with van der Waals surface area (Å²) in [7, 11) is 2.62. The van der Waals surface area contributed by atoms with Gasteiger partial charge in [0.05, 0.1) is 11.1 Å². The van der Waals surface area contributed by atoms with Crippen LogP contribution >= 0.6 is 0 Å². The van der Waals surface area contributed by atoms with Crippen molar-refractivity contribution in [3.63, 3.8) is 0 Å². The van der Waals surface area contributed by atoms with Gasteiger partial charge in [0.25, 0.3) is 5.91 Å². The molecule has 38 heavy (non-hydrogen) atoms. The van der Waals surface area contributed by atoms with Gasteiger partial charge < -0.3 is 9.80 Å². The smallest absolute Gasteiger partial charge is 0.340 e. The predicted octanol–water partition coefficient (Wildman–Crippen LogP) is 6.11. The lowest BCUT2D eigenvalue weighted by Gasteiger charge is -2.41. The lowest BCUT2D eigenvalue weighted by atomic mass is 9.78. The molecule has 0 bridgehead atoms. The van der Waals surface area contributed by atoms with Crippen molar-refractivity contribution >= 4 is 11.8 Å². The second kappa shape index (κ2) is 9.77. The molecule has 1 aliphatic rings. The van der Waals surface area contributed by atoms with Crippen molar-refractivity contribution < 1.29 is 40.3 Å². The third-order valence-electron chi connectivity index (χ3n) is 6.51. The van der Waals surface area contributed by atoms with E-state index >= 15 is 0 Å². The summed E-state index contributed by atoms with van der Waals surface area (Å²) in [6.07, 6.45) is -10.1. The molecule has 0 aromatic heterocycles.